The number of methoxy groups -OCH3 is 1. The lowest BCUT2D eigenvalue weighted by Gasteiger charge is -2.36. The SMILES string of the molecule is CCCCCN(CC(C)(NCC)C(=O)OC)C(C)C. The van der Waals surface area contributed by atoms with Crippen molar-refractivity contribution in [2.75, 3.05) is 26.7 Å². The van der Waals surface area contributed by atoms with E-state index in [-0.39, 0.29) is 5.97 Å². The summed E-state index contributed by atoms with van der Waals surface area (Å²) >= 11 is 0. The van der Waals surface area contributed by atoms with E-state index < -0.39 is 5.54 Å². The normalized spacial score (nSPS) is 14.7. The minimum atomic E-state index is -0.625. The minimum Gasteiger partial charge on any atom is -0.468 e. The van der Waals surface area contributed by atoms with Gasteiger partial charge in [0, 0.05) is 12.6 Å². The van der Waals surface area contributed by atoms with Crippen LogP contribution in [0.2, 0.25) is 0 Å². The fourth-order valence-electron chi connectivity index (χ4n) is 2.30. The average Bonchev–Trinajstić information content (AvgIpc) is 2.36. The topological polar surface area (TPSA) is 41.6 Å². The van der Waals surface area contributed by atoms with Gasteiger partial charge in [0.2, 0.25) is 0 Å². The van der Waals surface area contributed by atoms with E-state index in [2.05, 4.69) is 31.0 Å². The van der Waals surface area contributed by atoms with Crippen molar-refractivity contribution in [3.05, 3.63) is 0 Å². The fourth-order valence-corrected chi connectivity index (χ4v) is 2.30. The van der Waals surface area contributed by atoms with Crippen LogP contribution in [0.3, 0.4) is 0 Å². The first kappa shape index (κ1) is 18.4. The van der Waals surface area contributed by atoms with Crippen LogP contribution in [-0.2, 0) is 9.53 Å². The van der Waals surface area contributed by atoms with Crippen LogP contribution in [0.15, 0.2) is 0 Å². The van der Waals surface area contributed by atoms with Crippen molar-refractivity contribution in [2.45, 2.75) is 65.5 Å². The molecule has 1 N–H and O–H groups in total. The molecule has 0 spiro atoms. The van der Waals surface area contributed by atoms with Gasteiger partial charge >= 0.3 is 5.97 Å². The molecule has 114 valence electrons. The van der Waals surface area contributed by atoms with Gasteiger partial charge < -0.3 is 10.1 Å². The lowest BCUT2D eigenvalue weighted by molar-refractivity contribution is -0.149. The van der Waals surface area contributed by atoms with Crippen LogP contribution in [0.25, 0.3) is 0 Å². The van der Waals surface area contributed by atoms with Crippen molar-refractivity contribution < 1.29 is 9.53 Å². The van der Waals surface area contributed by atoms with Gasteiger partial charge in [-0.1, -0.05) is 26.7 Å². The highest BCUT2D eigenvalue weighted by molar-refractivity contribution is 5.80. The van der Waals surface area contributed by atoms with Crippen molar-refractivity contribution in [1.82, 2.24) is 10.2 Å². The van der Waals surface area contributed by atoms with E-state index >= 15 is 0 Å². The summed E-state index contributed by atoms with van der Waals surface area (Å²) in [7, 11) is 1.45. The van der Waals surface area contributed by atoms with Crippen molar-refractivity contribution >= 4 is 5.97 Å². The first-order chi connectivity index (χ1) is 8.91. The molecular weight excluding hydrogens is 240 g/mol. The molecular formula is C15H32N2O2. The molecule has 0 bridgehead atoms. The fraction of sp³-hybridized carbons (Fsp3) is 0.933. The van der Waals surface area contributed by atoms with Crippen LogP contribution in [-0.4, -0.2) is 49.2 Å². The molecule has 0 rings (SSSR count). The molecule has 1 atom stereocenters. The van der Waals surface area contributed by atoms with Gasteiger partial charge in [-0.2, -0.15) is 0 Å². The zero-order valence-electron chi connectivity index (χ0n) is 13.6. The Hall–Kier alpha value is -0.610. The van der Waals surface area contributed by atoms with E-state index in [1.165, 1.54) is 26.4 Å². The summed E-state index contributed by atoms with van der Waals surface area (Å²) in [5.74, 6) is -0.185. The number of hydrogen-bond donors (Lipinski definition) is 1. The molecule has 0 fully saturated rings. The second-order valence-corrected chi connectivity index (χ2v) is 5.63. The number of nitrogens with zero attached hydrogens (tertiary/aromatic N) is 1. The van der Waals surface area contributed by atoms with Gasteiger partial charge in [0.05, 0.1) is 7.11 Å². The van der Waals surface area contributed by atoms with Gasteiger partial charge in [-0.05, 0) is 40.3 Å². The third-order valence-electron chi connectivity index (χ3n) is 3.50. The van der Waals surface area contributed by atoms with Gasteiger partial charge in [0.1, 0.15) is 5.54 Å². The Morgan fingerprint density at radius 3 is 2.37 bits per heavy atom. The van der Waals surface area contributed by atoms with Gasteiger partial charge in [0.25, 0.3) is 0 Å². The van der Waals surface area contributed by atoms with E-state index in [0.29, 0.717) is 12.6 Å². The average molecular weight is 272 g/mol. The molecule has 0 saturated heterocycles. The number of unbranched alkanes of at least 4 members (excludes halogenated alkanes) is 2. The molecule has 0 aliphatic rings. The molecule has 0 radical (unpaired) electrons. The van der Waals surface area contributed by atoms with E-state index in [1.54, 1.807) is 0 Å². The Labute approximate surface area is 118 Å². The lowest BCUT2D eigenvalue weighted by atomic mass is 10.0. The smallest absolute Gasteiger partial charge is 0.327 e. The molecule has 0 aromatic heterocycles. The summed E-state index contributed by atoms with van der Waals surface area (Å²) in [4.78, 5) is 14.4. The van der Waals surface area contributed by atoms with Crippen molar-refractivity contribution in [3.8, 4) is 0 Å². The summed E-state index contributed by atoms with van der Waals surface area (Å²) in [6.45, 7) is 13.0. The first-order valence-corrected chi connectivity index (χ1v) is 7.48. The molecule has 1 unspecified atom stereocenters. The molecule has 0 saturated carbocycles. The zero-order valence-corrected chi connectivity index (χ0v) is 13.6. The van der Waals surface area contributed by atoms with Crippen molar-refractivity contribution in [3.63, 3.8) is 0 Å². The molecule has 4 heteroatoms. The molecule has 0 aliphatic heterocycles. The molecule has 19 heavy (non-hydrogen) atoms. The van der Waals surface area contributed by atoms with Gasteiger partial charge in [0.15, 0.2) is 0 Å². The Morgan fingerprint density at radius 2 is 1.95 bits per heavy atom. The van der Waals surface area contributed by atoms with Crippen LogP contribution in [0.4, 0.5) is 0 Å². The molecule has 0 aliphatic carbocycles. The second-order valence-electron chi connectivity index (χ2n) is 5.63. The van der Waals surface area contributed by atoms with E-state index in [1.807, 2.05) is 13.8 Å². The van der Waals surface area contributed by atoms with Gasteiger partial charge in [-0.15, -0.1) is 0 Å². The van der Waals surface area contributed by atoms with Crippen molar-refractivity contribution in [2.24, 2.45) is 0 Å². The van der Waals surface area contributed by atoms with Crippen LogP contribution in [0.5, 0.6) is 0 Å². The van der Waals surface area contributed by atoms with Crippen LogP contribution < -0.4 is 5.32 Å². The maximum Gasteiger partial charge on any atom is 0.327 e. The van der Waals surface area contributed by atoms with Crippen LogP contribution >= 0.6 is 0 Å². The largest absolute Gasteiger partial charge is 0.468 e. The highest BCUT2D eigenvalue weighted by Crippen LogP contribution is 2.13. The third kappa shape index (κ3) is 6.39. The Bertz CT molecular complexity index is 257. The quantitative estimate of drug-likeness (QED) is 0.490. The highest BCUT2D eigenvalue weighted by atomic mass is 16.5. The third-order valence-corrected chi connectivity index (χ3v) is 3.50. The van der Waals surface area contributed by atoms with E-state index in [9.17, 15) is 4.79 Å². The number of carbonyl (C=O) groups excluding carboxylic acids is 1. The van der Waals surface area contributed by atoms with E-state index in [0.717, 1.165) is 13.1 Å². The predicted octanol–water partition coefficient (Wildman–Crippen LogP) is 2.43. The van der Waals surface area contributed by atoms with Gasteiger partial charge in [-0.25, -0.2) is 0 Å². The first-order valence-electron chi connectivity index (χ1n) is 7.48. The number of rotatable bonds is 10. The number of hydrogen-bond acceptors (Lipinski definition) is 4. The number of carbonyl (C=O) groups is 1. The van der Waals surface area contributed by atoms with Crippen LogP contribution in [0, 0.1) is 0 Å². The molecule has 0 aromatic rings. The monoisotopic (exact) mass is 272 g/mol. The Balaban J connectivity index is 4.69. The maximum atomic E-state index is 12.0. The Kier molecular flexibility index (Phi) is 9.02. The lowest BCUT2D eigenvalue weighted by Crippen LogP contribution is -2.58. The van der Waals surface area contributed by atoms with Crippen molar-refractivity contribution in [1.29, 1.82) is 0 Å². The van der Waals surface area contributed by atoms with Gasteiger partial charge in [-0.3, -0.25) is 9.69 Å². The molecule has 0 aromatic carbocycles. The number of nitrogens with one attached hydrogen (secondary N) is 1. The second kappa shape index (κ2) is 9.32. The van der Waals surface area contributed by atoms with Crippen LogP contribution in [0.1, 0.15) is 53.9 Å². The summed E-state index contributed by atoms with van der Waals surface area (Å²) in [6.07, 6.45) is 3.63. The summed E-state index contributed by atoms with van der Waals surface area (Å²) in [5, 5.41) is 3.27. The summed E-state index contributed by atoms with van der Waals surface area (Å²) in [5.41, 5.74) is -0.625. The predicted molar refractivity (Wildman–Crippen MR) is 80.3 cm³/mol. The minimum absolute atomic E-state index is 0.185. The zero-order chi connectivity index (χ0) is 14.9. The number of ether oxygens (including phenoxy) is 1. The number of esters is 1. The summed E-state index contributed by atoms with van der Waals surface area (Å²) in [6, 6.07) is 0.430. The van der Waals surface area contributed by atoms with E-state index in [4.69, 9.17) is 4.74 Å². The standard InChI is InChI=1S/C15H32N2O2/c1-7-9-10-11-17(13(3)4)12-15(5,16-8-2)14(18)19-6/h13,16H,7-12H2,1-6H3. The summed E-state index contributed by atoms with van der Waals surface area (Å²) < 4.78 is 4.95. The molecule has 0 amide bonds. The molecule has 0 heterocycles. The highest BCUT2D eigenvalue weighted by Gasteiger charge is 2.35. The Morgan fingerprint density at radius 1 is 1.32 bits per heavy atom. The molecule has 4 nitrogen and oxygen atoms in total. The maximum absolute atomic E-state index is 12.0. The number of likely N-dealkylation sites (N-methyl/N-ethyl adjacent to an activating group) is 1.